The highest BCUT2D eigenvalue weighted by Crippen LogP contribution is 2.30. The van der Waals surface area contributed by atoms with Crippen LogP contribution in [0.4, 0.5) is 0 Å². The zero-order valence-electron chi connectivity index (χ0n) is 6.88. The molecule has 2 heterocycles. The lowest BCUT2D eigenvalue weighted by molar-refractivity contribution is -0.139. The fourth-order valence-corrected chi connectivity index (χ4v) is 2.04. The van der Waals surface area contributed by atoms with E-state index in [1.807, 2.05) is 0 Å². The topological polar surface area (TPSA) is 58.6 Å². The van der Waals surface area contributed by atoms with Crippen molar-refractivity contribution in [2.75, 3.05) is 13.2 Å². The molecule has 0 aromatic carbocycles. The Morgan fingerprint density at radius 1 is 1.58 bits per heavy atom. The molecule has 0 radical (unpaired) electrons. The van der Waals surface area contributed by atoms with E-state index < -0.39 is 5.97 Å². The highest BCUT2D eigenvalue weighted by atomic mass is 16.5. The summed E-state index contributed by atoms with van der Waals surface area (Å²) in [5.74, 6) is -0.737. The molecule has 0 amide bonds. The molecule has 2 aliphatic heterocycles. The lowest BCUT2D eigenvalue weighted by Gasteiger charge is -2.21. The SMILES string of the molecule is O=C(O)C1CCC2(CCOC2)N1. The molecule has 0 aromatic rings. The quantitative estimate of drug-likeness (QED) is 0.582. The van der Waals surface area contributed by atoms with Gasteiger partial charge in [-0.2, -0.15) is 0 Å². The van der Waals surface area contributed by atoms with Crippen LogP contribution in [0.25, 0.3) is 0 Å². The van der Waals surface area contributed by atoms with Crippen LogP contribution in [0.2, 0.25) is 0 Å². The van der Waals surface area contributed by atoms with Gasteiger partial charge in [0.15, 0.2) is 0 Å². The Kier molecular flexibility index (Phi) is 1.81. The second-order valence-corrected chi connectivity index (χ2v) is 3.66. The Labute approximate surface area is 70.9 Å². The summed E-state index contributed by atoms with van der Waals surface area (Å²) in [4.78, 5) is 10.6. The van der Waals surface area contributed by atoms with E-state index in [1.165, 1.54) is 0 Å². The molecule has 0 aromatic heterocycles. The fraction of sp³-hybridized carbons (Fsp3) is 0.875. The third-order valence-electron chi connectivity index (χ3n) is 2.79. The van der Waals surface area contributed by atoms with Gasteiger partial charge < -0.3 is 9.84 Å². The van der Waals surface area contributed by atoms with Crippen LogP contribution in [0.1, 0.15) is 19.3 Å². The first-order chi connectivity index (χ1) is 5.72. The van der Waals surface area contributed by atoms with Gasteiger partial charge >= 0.3 is 5.97 Å². The lowest BCUT2D eigenvalue weighted by Crippen LogP contribution is -2.46. The summed E-state index contributed by atoms with van der Waals surface area (Å²) in [6, 6.07) is -0.355. The molecule has 2 atom stereocenters. The maximum absolute atomic E-state index is 10.6. The minimum absolute atomic E-state index is 0.0109. The number of ether oxygens (including phenoxy) is 1. The molecule has 0 bridgehead atoms. The van der Waals surface area contributed by atoms with E-state index in [2.05, 4.69) is 5.32 Å². The first-order valence-corrected chi connectivity index (χ1v) is 4.30. The van der Waals surface area contributed by atoms with Crippen LogP contribution in [0, 0.1) is 0 Å². The summed E-state index contributed by atoms with van der Waals surface area (Å²) in [7, 11) is 0. The van der Waals surface area contributed by atoms with E-state index >= 15 is 0 Å². The number of rotatable bonds is 1. The van der Waals surface area contributed by atoms with Crippen LogP contribution in [0.5, 0.6) is 0 Å². The predicted octanol–water partition coefficient (Wildman–Crippen LogP) is -0.0179. The maximum Gasteiger partial charge on any atom is 0.320 e. The second-order valence-electron chi connectivity index (χ2n) is 3.66. The van der Waals surface area contributed by atoms with Gasteiger partial charge in [0.05, 0.1) is 6.61 Å². The van der Waals surface area contributed by atoms with Crippen molar-refractivity contribution in [1.29, 1.82) is 0 Å². The summed E-state index contributed by atoms with van der Waals surface area (Å²) in [5.41, 5.74) is -0.0109. The summed E-state index contributed by atoms with van der Waals surface area (Å²) >= 11 is 0. The average Bonchev–Trinajstić information content (AvgIpc) is 2.62. The largest absolute Gasteiger partial charge is 0.480 e. The number of hydrogen-bond donors (Lipinski definition) is 2. The molecule has 2 unspecified atom stereocenters. The molecule has 0 saturated carbocycles. The Morgan fingerprint density at radius 3 is 2.92 bits per heavy atom. The minimum Gasteiger partial charge on any atom is -0.480 e. The van der Waals surface area contributed by atoms with Crippen molar-refractivity contribution < 1.29 is 14.6 Å². The van der Waals surface area contributed by atoms with Crippen LogP contribution in [-0.2, 0) is 9.53 Å². The van der Waals surface area contributed by atoms with Gasteiger partial charge in [-0.25, -0.2) is 0 Å². The average molecular weight is 171 g/mol. The molecule has 2 aliphatic rings. The third kappa shape index (κ3) is 1.21. The molecular formula is C8H13NO3. The molecule has 0 aliphatic carbocycles. The molecule has 4 nitrogen and oxygen atoms in total. The molecule has 2 fully saturated rings. The molecule has 2 rings (SSSR count). The standard InChI is InChI=1S/C8H13NO3/c10-7(11)6-1-2-8(9-6)3-4-12-5-8/h6,9H,1-5H2,(H,10,11). The van der Waals surface area contributed by atoms with Crippen molar-refractivity contribution in [2.24, 2.45) is 0 Å². The van der Waals surface area contributed by atoms with Gasteiger partial charge in [-0.3, -0.25) is 10.1 Å². The van der Waals surface area contributed by atoms with Crippen LogP contribution < -0.4 is 5.32 Å². The van der Waals surface area contributed by atoms with E-state index in [1.54, 1.807) is 0 Å². The zero-order valence-corrected chi connectivity index (χ0v) is 6.88. The lowest BCUT2D eigenvalue weighted by atomic mass is 9.97. The van der Waals surface area contributed by atoms with Crippen LogP contribution in [-0.4, -0.2) is 35.9 Å². The van der Waals surface area contributed by atoms with Crippen molar-refractivity contribution in [2.45, 2.75) is 30.8 Å². The van der Waals surface area contributed by atoms with Crippen molar-refractivity contribution in [3.63, 3.8) is 0 Å². The van der Waals surface area contributed by atoms with Gasteiger partial charge in [0, 0.05) is 12.1 Å². The monoisotopic (exact) mass is 171 g/mol. The van der Waals surface area contributed by atoms with Crippen molar-refractivity contribution >= 4 is 5.97 Å². The summed E-state index contributed by atoms with van der Waals surface area (Å²) in [6.45, 7) is 1.44. The van der Waals surface area contributed by atoms with Crippen molar-refractivity contribution in [1.82, 2.24) is 5.32 Å². The number of carboxylic acids is 1. The van der Waals surface area contributed by atoms with Gasteiger partial charge in [-0.05, 0) is 19.3 Å². The summed E-state index contributed by atoms with van der Waals surface area (Å²) in [5, 5.41) is 11.9. The van der Waals surface area contributed by atoms with Crippen LogP contribution >= 0.6 is 0 Å². The Morgan fingerprint density at radius 2 is 2.42 bits per heavy atom. The number of hydrogen-bond acceptors (Lipinski definition) is 3. The van der Waals surface area contributed by atoms with Gasteiger partial charge in [-0.1, -0.05) is 0 Å². The molecule has 12 heavy (non-hydrogen) atoms. The van der Waals surface area contributed by atoms with E-state index in [4.69, 9.17) is 9.84 Å². The molecule has 2 N–H and O–H groups in total. The normalized spacial score (nSPS) is 40.8. The van der Waals surface area contributed by atoms with E-state index in [0.717, 1.165) is 25.9 Å². The first kappa shape index (κ1) is 8.01. The highest BCUT2D eigenvalue weighted by molar-refractivity contribution is 5.74. The van der Waals surface area contributed by atoms with Crippen molar-refractivity contribution in [3.05, 3.63) is 0 Å². The molecule has 68 valence electrons. The number of aliphatic carboxylic acids is 1. The van der Waals surface area contributed by atoms with Crippen LogP contribution in [0.15, 0.2) is 0 Å². The number of carbonyl (C=O) groups is 1. The number of nitrogens with one attached hydrogen (secondary N) is 1. The Balaban J connectivity index is 2.01. The predicted molar refractivity (Wildman–Crippen MR) is 42.0 cm³/mol. The highest BCUT2D eigenvalue weighted by Gasteiger charge is 2.43. The van der Waals surface area contributed by atoms with E-state index in [9.17, 15) is 4.79 Å². The van der Waals surface area contributed by atoms with Gasteiger partial charge in [-0.15, -0.1) is 0 Å². The van der Waals surface area contributed by atoms with E-state index in [0.29, 0.717) is 6.61 Å². The Hall–Kier alpha value is -0.610. The second kappa shape index (κ2) is 2.71. The maximum atomic E-state index is 10.6. The Bertz CT molecular complexity index is 198. The van der Waals surface area contributed by atoms with Crippen LogP contribution in [0.3, 0.4) is 0 Å². The fourth-order valence-electron chi connectivity index (χ4n) is 2.04. The molecule has 4 heteroatoms. The van der Waals surface area contributed by atoms with Crippen molar-refractivity contribution in [3.8, 4) is 0 Å². The first-order valence-electron chi connectivity index (χ1n) is 4.30. The van der Waals surface area contributed by atoms with Gasteiger partial charge in [0.25, 0.3) is 0 Å². The molecule has 2 saturated heterocycles. The minimum atomic E-state index is -0.737. The summed E-state index contributed by atoms with van der Waals surface area (Å²) in [6.07, 6.45) is 2.62. The molecular weight excluding hydrogens is 158 g/mol. The smallest absolute Gasteiger partial charge is 0.320 e. The third-order valence-corrected chi connectivity index (χ3v) is 2.79. The number of carboxylic acid groups (broad SMARTS) is 1. The van der Waals surface area contributed by atoms with E-state index in [-0.39, 0.29) is 11.6 Å². The zero-order chi connectivity index (χ0) is 8.60. The van der Waals surface area contributed by atoms with Gasteiger partial charge in [0.1, 0.15) is 6.04 Å². The summed E-state index contributed by atoms with van der Waals surface area (Å²) < 4.78 is 5.25. The molecule has 1 spiro atoms. The van der Waals surface area contributed by atoms with Gasteiger partial charge in [0.2, 0.25) is 0 Å².